The number of nitrogens with two attached hydrogens (primary N) is 1. The van der Waals surface area contributed by atoms with Gasteiger partial charge in [0.1, 0.15) is 12.4 Å². The second kappa shape index (κ2) is 5.48. The van der Waals surface area contributed by atoms with Crippen LogP contribution in [0.5, 0.6) is 5.75 Å². The average Bonchev–Trinajstić information content (AvgIpc) is 2.76. The van der Waals surface area contributed by atoms with Crippen LogP contribution in [0.15, 0.2) is 40.9 Å². The number of rotatable bonds is 4. The first-order chi connectivity index (χ1) is 7.78. The Bertz CT molecular complexity index is 452. The Morgan fingerprint density at radius 1 is 1.06 bits per heavy atom. The summed E-state index contributed by atoms with van der Waals surface area (Å²) in [5.74, 6) is 0.880. The first-order valence-electron chi connectivity index (χ1n) is 4.94. The number of hydrogen-bond donors (Lipinski definition) is 1. The Labute approximate surface area is 107 Å². The molecule has 0 atom stereocenters. The molecule has 16 heavy (non-hydrogen) atoms. The molecule has 2 nitrogen and oxygen atoms in total. The molecule has 84 valence electrons. The van der Waals surface area contributed by atoms with Crippen LogP contribution in [0.3, 0.4) is 0 Å². The molecule has 1 aromatic heterocycles. The lowest BCUT2D eigenvalue weighted by atomic mass is 10.3. The Hall–Kier alpha value is -0.840. The van der Waals surface area contributed by atoms with E-state index >= 15 is 0 Å². The normalized spacial score (nSPS) is 10.4. The lowest BCUT2D eigenvalue weighted by molar-refractivity contribution is 0.310. The molecule has 0 bridgehead atoms. The molecule has 0 aliphatic rings. The summed E-state index contributed by atoms with van der Waals surface area (Å²) in [6.07, 6.45) is 0. The highest BCUT2D eigenvalue weighted by Crippen LogP contribution is 2.20. The summed E-state index contributed by atoms with van der Waals surface area (Å²) in [6.45, 7) is 1.20. The fourth-order valence-corrected chi connectivity index (χ4v) is 2.37. The zero-order valence-electron chi connectivity index (χ0n) is 8.65. The summed E-state index contributed by atoms with van der Waals surface area (Å²) in [6, 6.07) is 11.9. The minimum Gasteiger partial charge on any atom is -0.488 e. The van der Waals surface area contributed by atoms with Crippen molar-refractivity contribution < 1.29 is 4.74 Å². The van der Waals surface area contributed by atoms with Crippen molar-refractivity contribution in [1.82, 2.24) is 0 Å². The lowest BCUT2D eigenvalue weighted by Gasteiger charge is -2.04. The van der Waals surface area contributed by atoms with Gasteiger partial charge in [-0.3, -0.25) is 0 Å². The number of thiophene rings is 1. The number of benzene rings is 1. The molecule has 2 aromatic rings. The van der Waals surface area contributed by atoms with Gasteiger partial charge in [-0.05, 0) is 36.4 Å². The fraction of sp³-hybridized carbons (Fsp3) is 0.167. The third kappa shape index (κ3) is 3.07. The van der Waals surface area contributed by atoms with Crippen LogP contribution in [-0.4, -0.2) is 0 Å². The van der Waals surface area contributed by atoms with Gasteiger partial charge in [-0.2, -0.15) is 0 Å². The highest BCUT2D eigenvalue weighted by atomic mass is 79.9. The van der Waals surface area contributed by atoms with E-state index in [-0.39, 0.29) is 0 Å². The van der Waals surface area contributed by atoms with Gasteiger partial charge in [0.15, 0.2) is 0 Å². The maximum absolute atomic E-state index is 5.65. The molecule has 0 fully saturated rings. The largest absolute Gasteiger partial charge is 0.488 e. The zero-order chi connectivity index (χ0) is 11.4. The van der Waals surface area contributed by atoms with Gasteiger partial charge in [0, 0.05) is 20.8 Å². The molecular formula is C12H12BrNOS. The predicted octanol–water partition coefficient (Wildman–Crippen LogP) is 3.55. The van der Waals surface area contributed by atoms with Crippen LogP contribution in [0.2, 0.25) is 0 Å². The molecule has 0 radical (unpaired) electrons. The minimum absolute atomic E-state index is 0.600. The van der Waals surface area contributed by atoms with Crippen molar-refractivity contribution in [2.24, 2.45) is 5.73 Å². The smallest absolute Gasteiger partial charge is 0.122 e. The Morgan fingerprint density at radius 3 is 2.38 bits per heavy atom. The van der Waals surface area contributed by atoms with Crippen molar-refractivity contribution in [1.29, 1.82) is 0 Å². The number of hydrogen-bond acceptors (Lipinski definition) is 3. The van der Waals surface area contributed by atoms with Gasteiger partial charge in [0.2, 0.25) is 0 Å². The van der Waals surface area contributed by atoms with Gasteiger partial charge in [0.05, 0.1) is 0 Å². The van der Waals surface area contributed by atoms with E-state index in [4.69, 9.17) is 10.5 Å². The highest BCUT2D eigenvalue weighted by molar-refractivity contribution is 9.10. The van der Waals surface area contributed by atoms with E-state index in [0.717, 1.165) is 10.2 Å². The molecule has 0 spiro atoms. The SMILES string of the molecule is NCc1ccc(COc2ccc(Br)cc2)s1. The number of halogens is 1. The molecule has 0 aliphatic heterocycles. The Kier molecular flexibility index (Phi) is 3.98. The van der Waals surface area contributed by atoms with E-state index in [1.54, 1.807) is 11.3 Å². The molecular weight excluding hydrogens is 286 g/mol. The summed E-state index contributed by atoms with van der Waals surface area (Å²) in [5.41, 5.74) is 5.55. The summed E-state index contributed by atoms with van der Waals surface area (Å²) in [5, 5.41) is 0. The van der Waals surface area contributed by atoms with Crippen LogP contribution in [0.4, 0.5) is 0 Å². The lowest BCUT2D eigenvalue weighted by Crippen LogP contribution is -1.93. The van der Waals surface area contributed by atoms with Crippen molar-refractivity contribution in [3.8, 4) is 5.75 Å². The van der Waals surface area contributed by atoms with Gasteiger partial charge in [0.25, 0.3) is 0 Å². The Balaban J connectivity index is 1.94. The van der Waals surface area contributed by atoms with Gasteiger partial charge in [-0.25, -0.2) is 0 Å². The first-order valence-corrected chi connectivity index (χ1v) is 6.55. The standard InChI is InChI=1S/C12H12BrNOS/c13-9-1-3-10(4-2-9)15-8-12-6-5-11(7-14)16-12/h1-6H,7-8,14H2. The van der Waals surface area contributed by atoms with Crippen molar-refractivity contribution in [3.05, 3.63) is 50.6 Å². The molecule has 2 N–H and O–H groups in total. The number of ether oxygens (including phenoxy) is 1. The molecule has 4 heteroatoms. The zero-order valence-corrected chi connectivity index (χ0v) is 11.1. The van der Waals surface area contributed by atoms with Crippen molar-refractivity contribution >= 4 is 27.3 Å². The molecule has 0 amide bonds. The van der Waals surface area contributed by atoms with Crippen molar-refractivity contribution in [2.75, 3.05) is 0 Å². The maximum Gasteiger partial charge on any atom is 0.122 e. The second-order valence-electron chi connectivity index (χ2n) is 3.31. The third-order valence-electron chi connectivity index (χ3n) is 2.11. The first kappa shape index (κ1) is 11.6. The van der Waals surface area contributed by atoms with E-state index in [2.05, 4.69) is 22.0 Å². The van der Waals surface area contributed by atoms with Crippen LogP contribution in [0.25, 0.3) is 0 Å². The summed E-state index contributed by atoms with van der Waals surface area (Å²) in [7, 11) is 0. The minimum atomic E-state index is 0.600. The highest BCUT2D eigenvalue weighted by Gasteiger charge is 2.00. The van der Waals surface area contributed by atoms with Gasteiger partial charge in [-0.1, -0.05) is 15.9 Å². The molecule has 0 saturated carbocycles. The third-order valence-corrected chi connectivity index (χ3v) is 3.72. The van der Waals surface area contributed by atoms with Gasteiger partial charge in [-0.15, -0.1) is 11.3 Å². The van der Waals surface area contributed by atoms with Crippen molar-refractivity contribution in [2.45, 2.75) is 13.2 Å². The van der Waals surface area contributed by atoms with Gasteiger partial charge >= 0.3 is 0 Å². The van der Waals surface area contributed by atoms with Crippen molar-refractivity contribution in [3.63, 3.8) is 0 Å². The molecule has 0 aliphatic carbocycles. The molecule has 0 saturated heterocycles. The van der Waals surface area contributed by atoms with E-state index in [0.29, 0.717) is 13.2 Å². The van der Waals surface area contributed by atoms with Crippen LogP contribution < -0.4 is 10.5 Å². The summed E-state index contributed by atoms with van der Waals surface area (Å²) >= 11 is 5.08. The van der Waals surface area contributed by atoms with Crippen LogP contribution in [0, 0.1) is 0 Å². The molecule has 1 aromatic carbocycles. The average molecular weight is 298 g/mol. The molecule has 2 rings (SSSR count). The van der Waals surface area contributed by atoms with Crippen LogP contribution >= 0.6 is 27.3 Å². The monoisotopic (exact) mass is 297 g/mol. The Morgan fingerprint density at radius 2 is 1.75 bits per heavy atom. The van der Waals surface area contributed by atoms with E-state index in [1.807, 2.05) is 30.3 Å². The van der Waals surface area contributed by atoms with E-state index in [9.17, 15) is 0 Å². The molecule has 0 unspecified atom stereocenters. The van der Waals surface area contributed by atoms with Gasteiger partial charge < -0.3 is 10.5 Å². The van der Waals surface area contributed by atoms with Crippen LogP contribution in [-0.2, 0) is 13.2 Å². The van der Waals surface area contributed by atoms with E-state index < -0.39 is 0 Å². The predicted molar refractivity (Wildman–Crippen MR) is 70.7 cm³/mol. The second-order valence-corrected chi connectivity index (χ2v) is 5.48. The fourth-order valence-electron chi connectivity index (χ4n) is 1.29. The summed E-state index contributed by atoms with van der Waals surface area (Å²) < 4.78 is 6.71. The quantitative estimate of drug-likeness (QED) is 0.937. The molecule has 1 heterocycles. The van der Waals surface area contributed by atoms with Crippen LogP contribution in [0.1, 0.15) is 9.75 Å². The summed E-state index contributed by atoms with van der Waals surface area (Å²) in [4.78, 5) is 2.39. The van der Waals surface area contributed by atoms with E-state index in [1.165, 1.54) is 9.75 Å². The maximum atomic E-state index is 5.65. The topological polar surface area (TPSA) is 35.2 Å².